The van der Waals surface area contributed by atoms with Crippen LogP contribution in [0.2, 0.25) is 0 Å². The zero-order valence-corrected chi connectivity index (χ0v) is 22.1. The molecule has 0 radical (unpaired) electrons. The highest BCUT2D eigenvalue weighted by atomic mass is 16.5. The maximum absolute atomic E-state index is 13.7. The van der Waals surface area contributed by atoms with Crippen LogP contribution < -0.4 is 20.1 Å². The number of hydrogen-bond donors (Lipinski definition) is 2. The Hall–Kier alpha value is -3.56. The van der Waals surface area contributed by atoms with Crippen molar-refractivity contribution in [3.8, 4) is 11.5 Å². The van der Waals surface area contributed by atoms with Crippen molar-refractivity contribution < 1.29 is 23.9 Å². The number of carbonyl (C=O) groups excluding carboxylic acids is 3. The van der Waals surface area contributed by atoms with E-state index in [1.54, 1.807) is 30.6 Å². The molecule has 1 fully saturated rings. The maximum atomic E-state index is 13.7. The molecule has 10 heteroatoms. The molecule has 1 atom stereocenters. The van der Waals surface area contributed by atoms with Crippen molar-refractivity contribution in [3.63, 3.8) is 0 Å². The number of rotatable bonds is 10. The van der Waals surface area contributed by atoms with Crippen LogP contribution in [-0.2, 0) is 17.8 Å². The van der Waals surface area contributed by atoms with Gasteiger partial charge in [0.25, 0.3) is 11.8 Å². The molecule has 1 aromatic heterocycles. The summed E-state index contributed by atoms with van der Waals surface area (Å²) in [5.41, 5.74) is 0.226. The van der Waals surface area contributed by atoms with E-state index < -0.39 is 11.4 Å². The van der Waals surface area contributed by atoms with Gasteiger partial charge in [0.15, 0.2) is 17.2 Å². The lowest BCUT2D eigenvalue weighted by Crippen LogP contribution is -2.65. The van der Waals surface area contributed by atoms with Gasteiger partial charge in [-0.05, 0) is 50.3 Å². The van der Waals surface area contributed by atoms with E-state index >= 15 is 0 Å². The van der Waals surface area contributed by atoms with Crippen LogP contribution in [0.4, 0.5) is 0 Å². The second-order valence-corrected chi connectivity index (χ2v) is 9.95. The van der Waals surface area contributed by atoms with E-state index in [2.05, 4.69) is 15.6 Å². The normalized spacial score (nSPS) is 19.5. The molecule has 4 rings (SSSR count). The van der Waals surface area contributed by atoms with Crippen molar-refractivity contribution in [2.45, 2.75) is 70.5 Å². The first kappa shape index (κ1) is 26.5. The summed E-state index contributed by atoms with van der Waals surface area (Å²) < 4.78 is 12.3. The number of hydrogen-bond acceptors (Lipinski definition) is 6. The number of nitrogens with one attached hydrogen (secondary N) is 2. The van der Waals surface area contributed by atoms with Crippen molar-refractivity contribution in [1.29, 1.82) is 0 Å². The van der Waals surface area contributed by atoms with Crippen LogP contribution in [-0.4, -0.2) is 71.1 Å². The molecule has 37 heavy (non-hydrogen) atoms. The second kappa shape index (κ2) is 11.2. The molecule has 0 saturated heterocycles. The lowest BCUT2D eigenvalue weighted by molar-refractivity contribution is -0.133. The Morgan fingerprint density at radius 2 is 1.89 bits per heavy atom. The summed E-state index contributed by atoms with van der Waals surface area (Å²) in [6.07, 6.45) is 6.89. The van der Waals surface area contributed by atoms with Gasteiger partial charge in [-0.1, -0.05) is 25.8 Å². The highest BCUT2D eigenvalue weighted by Crippen LogP contribution is 2.30. The molecular weight excluding hydrogens is 474 g/mol. The minimum absolute atomic E-state index is 0.0802. The average Bonchev–Trinajstić information content (AvgIpc) is 3.56. The van der Waals surface area contributed by atoms with Crippen LogP contribution in [0.5, 0.6) is 11.5 Å². The second-order valence-electron chi connectivity index (χ2n) is 9.95. The number of aromatic nitrogens is 2. The van der Waals surface area contributed by atoms with E-state index in [1.165, 1.54) is 6.33 Å². The van der Waals surface area contributed by atoms with Gasteiger partial charge in [0, 0.05) is 19.1 Å². The van der Waals surface area contributed by atoms with E-state index in [0.29, 0.717) is 37.4 Å². The summed E-state index contributed by atoms with van der Waals surface area (Å²) in [6.45, 7) is 4.79. The van der Waals surface area contributed by atoms with Gasteiger partial charge in [-0.25, -0.2) is 4.98 Å². The summed E-state index contributed by atoms with van der Waals surface area (Å²) in [7, 11) is 3.16. The molecule has 1 aliphatic heterocycles. The van der Waals surface area contributed by atoms with Crippen molar-refractivity contribution in [3.05, 3.63) is 41.5 Å². The molecule has 2 heterocycles. The Morgan fingerprint density at radius 3 is 2.57 bits per heavy atom. The summed E-state index contributed by atoms with van der Waals surface area (Å²) in [4.78, 5) is 46.0. The lowest BCUT2D eigenvalue weighted by Gasteiger charge is -2.44. The van der Waals surface area contributed by atoms with Crippen LogP contribution >= 0.6 is 0 Å². The smallest absolute Gasteiger partial charge is 0.273 e. The molecule has 3 amide bonds. The summed E-state index contributed by atoms with van der Waals surface area (Å²) >= 11 is 0. The van der Waals surface area contributed by atoms with Gasteiger partial charge in [0.05, 0.1) is 27.1 Å². The van der Waals surface area contributed by atoms with Gasteiger partial charge in [0.2, 0.25) is 5.91 Å². The Kier molecular flexibility index (Phi) is 8.04. The van der Waals surface area contributed by atoms with Gasteiger partial charge in [-0.15, -0.1) is 0 Å². The number of carbonyl (C=O) groups is 3. The highest BCUT2D eigenvalue weighted by Gasteiger charge is 2.48. The molecule has 10 nitrogen and oxygen atoms in total. The van der Waals surface area contributed by atoms with Gasteiger partial charge in [-0.3, -0.25) is 14.4 Å². The first-order valence-electron chi connectivity index (χ1n) is 13.0. The number of ether oxygens (including phenoxy) is 2. The number of nitrogens with zero attached hydrogens (tertiary/aromatic N) is 3. The molecule has 2 aliphatic rings. The van der Waals surface area contributed by atoms with Crippen LogP contribution in [0, 0.1) is 0 Å². The predicted octanol–water partition coefficient (Wildman–Crippen LogP) is 2.56. The van der Waals surface area contributed by atoms with Crippen LogP contribution in [0.25, 0.3) is 0 Å². The van der Waals surface area contributed by atoms with Gasteiger partial charge in [-0.2, -0.15) is 0 Å². The Labute approximate surface area is 217 Å². The topological polar surface area (TPSA) is 115 Å². The average molecular weight is 512 g/mol. The number of imidazole rings is 1. The number of methoxy groups -OCH3 is 2. The summed E-state index contributed by atoms with van der Waals surface area (Å²) in [5.74, 6) is 0.342. The van der Waals surface area contributed by atoms with E-state index in [9.17, 15) is 14.4 Å². The Bertz CT molecular complexity index is 1160. The molecule has 1 aliphatic carbocycles. The monoisotopic (exact) mass is 511 g/mol. The SMILES string of the molecule is CCCN1C(=O)c2c(C(=O)NCCc3ccc(OC)c(OC)c3)ncn2C[C@@]1(C)C(=O)NC1CCCC1. The largest absolute Gasteiger partial charge is 0.493 e. The molecular formula is C27H37N5O5. The van der Waals surface area contributed by atoms with Crippen LogP contribution in [0.3, 0.4) is 0 Å². The third kappa shape index (κ3) is 5.28. The Morgan fingerprint density at radius 1 is 1.16 bits per heavy atom. The minimum atomic E-state index is -1.05. The molecule has 1 aromatic carbocycles. The van der Waals surface area contributed by atoms with Crippen molar-refractivity contribution >= 4 is 17.7 Å². The first-order valence-corrected chi connectivity index (χ1v) is 13.0. The van der Waals surface area contributed by atoms with Crippen molar-refractivity contribution in [2.75, 3.05) is 27.3 Å². The fourth-order valence-corrected chi connectivity index (χ4v) is 5.28. The van der Waals surface area contributed by atoms with Crippen molar-refractivity contribution in [1.82, 2.24) is 25.1 Å². The fourth-order valence-electron chi connectivity index (χ4n) is 5.28. The van der Waals surface area contributed by atoms with Crippen molar-refractivity contribution in [2.24, 2.45) is 0 Å². The van der Waals surface area contributed by atoms with Gasteiger partial charge < -0.3 is 29.6 Å². The van der Waals surface area contributed by atoms with E-state index in [1.807, 2.05) is 25.1 Å². The molecule has 200 valence electrons. The highest BCUT2D eigenvalue weighted by molar-refractivity contribution is 6.07. The third-order valence-corrected chi connectivity index (χ3v) is 7.35. The van der Waals surface area contributed by atoms with Gasteiger partial charge >= 0.3 is 0 Å². The van der Waals surface area contributed by atoms with Crippen LogP contribution in [0.15, 0.2) is 24.5 Å². The molecule has 2 N–H and O–H groups in total. The Balaban J connectivity index is 1.48. The quantitative estimate of drug-likeness (QED) is 0.507. The maximum Gasteiger partial charge on any atom is 0.273 e. The van der Waals surface area contributed by atoms with E-state index in [0.717, 1.165) is 31.2 Å². The first-order chi connectivity index (χ1) is 17.8. The molecule has 0 unspecified atom stereocenters. The third-order valence-electron chi connectivity index (χ3n) is 7.35. The van der Waals surface area contributed by atoms with E-state index in [-0.39, 0.29) is 35.8 Å². The predicted molar refractivity (Wildman–Crippen MR) is 138 cm³/mol. The van der Waals surface area contributed by atoms with Crippen LogP contribution in [0.1, 0.15) is 72.5 Å². The van der Waals surface area contributed by atoms with Gasteiger partial charge in [0.1, 0.15) is 11.2 Å². The zero-order valence-electron chi connectivity index (χ0n) is 22.1. The molecule has 2 aromatic rings. The standard InChI is InChI=1S/C27H37N5O5/c1-5-14-32-25(34)23-22(24(33)28-13-12-18-10-11-20(36-3)21(15-18)37-4)29-17-31(23)16-27(32,2)26(35)30-19-8-6-7-9-19/h10-11,15,17,19H,5-9,12-14,16H2,1-4H3,(H,28,33)(H,30,35)/t27-/m0/s1. The molecule has 0 spiro atoms. The number of benzene rings is 1. The minimum Gasteiger partial charge on any atom is -0.493 e. The lowest BCUT2D eigenvalue weighted by atomic mass is 9.93. The molecule has 0 bridgehead atoms. The summed E-state index contributed by atoms with van der Waals surface area (Å²) in [6, 6.07) is 5.75. The fraction of sp³-hybridized carbons (Fsp3) is 0.556. The van der Waals surface area contributed by atoms with E-state index in [4.69, 9.17) is 9.47 Å². The zero-order chi connectivity index (χ0) is 26.6. The molecule has 1 saturated carbocycles. The number of amides is 3. The summed E-state index contributed by atoms with van der Waals surface area (Å²) in [5, 5.41) is 6.03. The number of fused-ring (bicyclic) bond motifs is 1.